The van der Waals surface area contributed by atoms with E-state index in [0.29, 0.717) is 24.3 Å². The van der Waals surface area contributed by atoms with Crippen molar-refractivity contribution in [2.24, 2.45) is 0 Å². The minimum Gasteiger partial charge on any atom is -0.475 e. The molecule has 3 aromatic rings. The molecule has 5 rings (SSSR count). The quantitative estimate of drug-likeness (QED) is 0.353. The molecule has 2 aromatic carbocycles. The molecule has 9 nitrogen and oxygen atoms in total. The Balaban J connectivity index is 0.000000470. The second-order valence-electron chi connectivity index (χ2n) is 9.85. The maximum atomic E-state index is 13.4. The Morgan fingerprint density at radius 1 is 1.10 bits per heavy atom. The van der Waals surface area contributed by atoms with Crippen molar-refractivity contribution in [3.63, 3.8) is 0 Å². The van der Waals surface area contributed by atoms with Crippen LogP contribution in [0.1, 0.15) is 30.3 Å². The first-order valence-corrected chi connectivity index (χ1v) is 12.6. The zero-order valence-corrected chi connectivity index (χ0v) is 21.6. The van der Waals surface area contributed by atoms with Gasteiger partial charge in [-0.15, -0.1) is 0 Å². The maximum absolute atomic E-state index is 13.4. The van der Waals surface area contributed by atoms with Crippen molar-refractivity contribution in [2.75, 3.05) is 31.2 Å². The smallest absolute Gasteiger partial charge is 0.475 e. The number of hydrogen-bond acceptors (Lipinski definition) is 5. The van der Waals surface area contributed by atoms with Gasteiger partial charge in [-0.3, -0.25) is 9.59 Å². The number of nitrogens with one attached hydrogen (secondary N) is 3. The number of amides is 2. The molecule has 0 radical (unpaired) electrons. The number of piperidine rings is 1. The Morgan fingerprint density at radius 2 is 1.75 bits per heavy atom. The zero-order chi connectivity index (χ0) is 29.1. The van der Waals surface area contributed by atoms with E-state index in [1.54, 1.807) is 12.1 Å². The van der Waals surface area contributed by atoms with E-state index in [1.807, 2.05) is 37.3 Å². The largest absolute Gasteiger partial charge is 0.490 e. The third-order valence-electron chi connectivity index (χ3n) is 7.07. The molecule has 2 aliphatic heterocycles. The summed E-state index contributed by atoms with van der Waals surface area (Å²) in [6.45, 7) is 4.77. The summed E-state index contributed by atoms with van der Waals surface area (Å²) in [4.78, 5) is 41.9. The second kappa shape index (κ2) is 11.5. The van der Waals surface area contributed by atoms with Crippen molar-refractivity contribution in [1.29, 1.82) is 0 Å². The fourth-order valence-electron chi connectivity index (χ4n) is 5.10. The molecule has 1 aromatic heterocycles. The number of benzene rings is 2. The van der Waals surface area contributed by atoms with Gasteiger partial charge in [-0.05, 0) is 56.2 Å². The van der Waals surface area contributed by atoms with Crippen molar-refractivity contribution in [1.82, 2.24) is 20.5 Å². The summed E-state index contributed by atoms with van der Waals surface area (Å²) in [5.41, 5.74) is 1.70. The van der Waals surface area contributed by atoms with Gasteiger partial charge in [-0.25, -0.2) is 9.18 Å². The van der Waals surface area contributed by atoms with E-state index in [1.165, 1.54) is 12.1 Å². The van der Waals surface area contributed by atoms with Crippen LogP contribution in [0.25, 0.3) is 10.9 Å². The lowest BCUT2D eigenvalue weighted by Crippen LogP contribution is -2.57. The molecule has 1 atom stereocenters. The molecule has 2 amide bonds. The summed E-state index contributed by atoms with van der Waals surface area (Å²) in [7, 11) is 0. The minimum absolute atomic E-state index is 0.0719. The molecular formula is C27H29F4N5O4. The Labute approximate surface area is 227 Å². The molecule has 4 N–H and O–H groups in total. The molecule has 40 heavy (non-hydrogen) atoms. The van der Waals surface area contributed by atoms with E-state index in [-0.39, 0.29) is 23.7 Å². The molecule has 0 saturated carbocycles. The van der Waals surface area contributed by atoms with Crippen LogP contribution in [0.3, 0.4) is 0 Å². The molecule has 0 aliphatic carbocycles. The minimum atomic E-state index is -5.08. The lowest BCUT2D eigenvalue weighted by atomic mass is 9.85. The fraction of sp³-hybridized carbons (Fsp3) is 0.370. The molecular weight excluding hydrogens is 534 g/mol. The molecule has 13 heteroatoms. The normalized spacial score (nSPS) is 17.7. The molecule has 3 heterocycles. The van der Waals surface area contributed by atoms with Crippen molar-refractivity contribution >= 4 is 34.4 Å². The van der Waals surface area contributed by atoms with Crippen LogP contribution in [0.4, 0.5) is 23.2 Å². The van der Waals surface area contributed by atoms with Crippen LogP contribution in [-0.2, 0) is 9.59 Å². The van der Waals surface area contributed by atoms with Gasteiger partial charge in [0.2, 0.25) is 5.91 Å². The highest BCUT2D eigenvalue weighted by molar-refractivity contribution is 5.98. The van der Waals surface area contributed by atoms with Crippen LogP contribution in [0, 0.1) is 5.82 Å². The van der Waals surface area contributed by atoms with Gasteiger partial charge in [-0.2, -0.15) is 13.2 Å². The first-order valence-electron chi connectivity index (χ1n) is 12.6. The van der Waals surface area contributed by atoms with E-state index in [0.717, 1.165) is 37.1 Å². The number of aliphatic carboxylic acids is 1. The van der Waals surface area contributed by atoms with Crippen molar-refractivity contribution in [3.05, 3.63) is 66.1 Å². The zero-order valence-electron chi connectivity index (χ0n) is 21.6. The first kappa shape index (κ1) is 28.9. The van der Waals surface area contributed by atoms with Gasteiger partial charge >= 0.3 is 12.1 Å². The Hall–Kier alpha value is -4.13. The SMILES string of the molecule is C[C@H](CN1CCC2(CC1)C(=O)NCN2c1ccccc1)NC(=O)c1cc2cc(F)ccc2[nH]1.O=C(O)C(F)(F)F. The number of para-hydroxylation sites is 1. The van der Waals surface area contributed by atoms with E-state index in [9.17, 15) is 27.2 Å². The van der Waals surface area contributed by atoms with Gasteiger partial charge < -0.3 is 30.5 Å². The number of carbonyl (C=O) groups is 3. The molecule has 1 spiro atoms. The Morgan fingerprint density at radius 3 is 2.38 bits per heavy atom. The number of carboxylic acid groups (broad SMARTS) is 1. The number of likely N-dealkylation sites (tertiary alicyclic amines) is 1. The van der Waals surface area contributed by atoms with Crippen LogP contribution >= 0.6 is 0 Å². The number of hydrogen-bond donors (Lipinski definition) is 4. The molecule has 2 saturated heterocycles. The van der Waals surface area contributed by atoms with E-state index >= 15 is 0 Å². The van der Waals surface area contributed by atoms with Gasteiger partial charge in [0.25, 0.3) is 5.91 Å². The Bertz CT molecular complexity index is 1370. The number of aromatic amines is 1. The number of aromatic nitrogens is 1. The van der Waals surface area contributed by atoms with Crippen molar-refractivity contribution in [2.45, 2.75) is 37.5 Å². The lowest BCUT2D eigenvalue weighted by Gasteiger charge is -2.43. The van der Waals surface area contributed by atoms with Crippen LogP contribution in [0.15, 0.2) is 54.6 Å². The predicted molar refractivity (Wildman–Crippen MR) is 139 cm³/mol. The highest BCUT2D eigenvalue weighted by atomic mass is 19.4. The molecule has 0 bridgehead atoms. The number of H-pyrrole nitrogens is 1. The van der Waals surface area contributed by atoms with E-state index < -0.39 is 17.7 Å². The summed E-state index contributed by atoms with van der Waals surface area (Å²) in [6, 6.07) is 16.1. The van der Waals surface area contributed by atoms with Crippen molar-refractivity contribution in [3.8, 4) is 0 Å². The number of carboxylic acids is 1. The number of alkyl halides is 3. The molecule has 2 aliphatic rings. The van der Waals surface area contributed by atoms with Gasteiger partial charge in [0.15, 0.2) is 0 Å². The number of rotatable bonds is 5. The number of halogens is 4. The van der Waals surface area contributed by atoms with E-state index in [4.69, 9.17) is 9.90 Å². The van der Waals surface area contributed by atoms with Crippen LogP contribution < -0.4 is 15.5 Å². The lowest BCUT2D eigenvalue weighted by molar-refractivity contribution is -0.192. The second-order valence-corrected chi connectivity index (χ2v) is 9.85. The monoisotopic (exact) mass is 563 g/mol. The maximum Gasteiger partial charge on any atom is 0.490 e. The average molecular weight is 564 g/mol. The highest BCUT2D eigenvalue weighted by Crippen LogP contribution is 2.36. The topological polar surface area (TPSA) is 118 Å². The number of anilines is 1. The van der Waals surface area contributed by atoms with Crippen LogP contribution in [0.2, 0.25) is 0 Å². The van der Waals surface area contributed by atoms with Gasteiger partial charge in [-0.1, -0.05) is 18.2 Å². The standard InChI is InChI=1S/C25H28FN5O2.C2HF3O2/c1-17(28-23(32)22-14-18-13-19(26)7-8-21(18)29-22)15-30-11-9-25(10-12-30)24(33)27-16-31(25)20-5-3-2-4-6-20;3-2(4,5)1(6)7/h2-8,13-14,17,29H,9-12,15-16H2,1H3,(H,27,33)(H,28,32);(H,6,7)/t17-;/m1./s1. The third-order valence-corrected chi connectivity index (χ3v) is 7.07. The van der Waals surface area contributed by atoms with Gasteiger partial charge in [0.05, 0.1) is 6.67 Å². The third kappa shape index (κ3) is 6.36. The number of carbonyl (C=O) groups excluding carboxylic acids is 2. The highest BCUT2D eigenvalue weighted by Gasteiger charge is 2.50. The number of fused-ring (bicyclic) bond motifs is 1. The first-order chi connectivity index (χ1) is 18.9. The average Bonchev–Trinajstić information content (AvgIpc) is 3.46. The van der Waals surface area contributed by atoms with Gasteiger partial charge in [0.1, 0.15) is 17.1 Å². The van der Waals surface area contributed by atoms with Crippen LogP contribution in [-0.4, -0.2) is 76.8 Å². The summed E-state index contributed by atoms with van der Waals surface area (Å²) < 4.78 is 45.2. The molecule has 0 unspecified atom stereocenters. The number of nitrogens with zero attached hydrogens (tertiary/aromatic N) is 2. The summed E-state index contributed by atoms with van der Waals surface area (Å²) in [6.07, 6.45) is -3.61. The molecule has 2 fully saturated rings. The van der Waals surface area contributed by atoms with Gasteiger partial charge in [0, 0.05) is 42.3 Å². The fourth-order valence-corrected chi connectivity index (χ4v) is 5.10. The van der Waals surface area contributed by atoms with E-state index in [2.05, 4.69) is 25.4 Å². The Kier molecular flexibility index (Phi) is 8.33. The van der Waals surface area contributed by atoms with Crippen molar-refractivity contribution < 1.29 is 37.1 Å². The summed E-state index contributed by atoms with van der Waals surface area (Å²) in [5.74, 6) is -3.19. The predicted octanol–water partition coefficient (Wildman–Crippen LogP) is 3.49. The summed E-state index contributed by atoms with van der Waals surface area (Å²) in [5, 5.41) is 13.9. The van der Waals surface area contributed by atoms with Crippen LogP contribution in [0.5, 0.6) is 0 Å². The summed E-state index contributed by atoms with van der Waals surface area (Å²) >= 11 is 0. The molecule has 214 valence electrons.